The van der Waals surface area contributed by atoms with Crippen molar-refractivity contribution in [2.24, 2.45) is 0 Å². The van der Waals surface area contributed by atoms with E-state index in [1.807, 2.05) is 59.8 Å². The topological polar surface area (TPSA) is 25.8 Å². The molecule has 1 heterocycles. The first-order valence-electron chi connectivity index (χ1n) is 5.25. The van der Waals surface area contributed by atoms with E-state index in [0.29, 0.717) is 0 Å². The molecule has 0 saturated carbocycles. The lowest BCUT2D eigenvalue weighted by molar-refractivity contribution is 1.01. The molecule has 0 aliphatic rings. The van der Waals surface area contributed by atoms with Crippen LogP contribution in [0.2, 0.25) is 0 Å². The van der Waals surface area contributed by atoms with Gasteiger partial charge in [-0.1, -0.05) is 33.8 Å². The predicted octanol–water partition coefficient (Wildman–Crippen LogP) is 3.95. The fraction of sp³-hybridized carbons (Fsp3) is 0.500. The molecule has 0 atom stereocenters. The Labute approximate surface area is 88.1 Å². The lowest BCUT2D eigenvalue weighted by Gasteiger charge is -1.94. The minimum absolute atomic E-state index is 0.949. The molecule has 0 radical (unpaired) electrons. The van der Waals surface area contributed by atoms with Crippen LogP contribution in [0.1, 0.15) is 47.2 Å². The lowest BCUT2D eigenvalue weighted by atomic mass is 10.2. The van der Waals surface area contributed by atoms with Gasteiger partial charge in [-0.15, -0.1) is 0 Å². The zero-order chi connectivity index (χ0) is 11.4. The van der Waals surface area contributed by atoms with E-state index in [9.17, 15) is 0 Å². The Morgan fingerprint density at radius 3 is 2.14 bits per heavy atom. The van der Waals surface area contributed by atoms with Crippen molar-refractivity contribution in [3.63, 3.8) is 0 Å². The molecule has 2 nitrogen and oxygen atoms in total. The highest BCUT2D eigenvalue weighted by molar-refractivity contribution is 5.59. The predicted molar refractivity (Wildman–Crippen MR) is 64.1 cm³/mol. The van der Waals surface area contributed by atoms with Crippen LogP contribution < -0.4 is 0 Å². The number of allylic oxidation sites excluding steroid dienone is 2. The van der Waals surface area contributed by atoms with Gasteiger partial charge in [-0.3, -0.25) is 0 Å². The van der Waals surface area contributed by atoms with Crippen molar-refractivity contribution in [3.8, 4) is 0 Å². The fourth-order valence-corrected chi connectivity index (χ4v) is 0.660. The van der Waals surface area contributed by atoms with Crippen LogP contribution in [0.25, 0.3) is 5.57 Å². The van der Waals surface area contributed by atoms with E-state index in [4.69, 9.17) is 0 Å². The second-order valence-electron chi connectivity index (χ2n) is 2.08. The molecule has 0 spiro atoms. The maximum absolute atomic E-state index is 3.93. The van der Waals surface area contributed by atoms with Gasteiger partial charge in [0.15, 0.2) is 0 Å². The van der Waals surface area contributed by atoms with Crippen molar-refractivity contribution in [2.75, 3.05) is 0 Å². The third-order valence-electron chi connectivity index (χ3n) is 1.41. The molecule has 0 fully saturated rings. The molecule has 0 aliphatic heterocycles. The van der Waals surface area contributed by atoms with Crippen molar-refractivity contribution in [3.05, 3.63) is 30.1 Å². The average molecular weight is 194 g/mol. The van der Waals surface area contributed by atoms with Crippen molar-refractivity contribution in [1.82, 2.24) is 10.2 Å². The molecule has 0 aromatic carbocycles. The monoisotopic (exact) mass is 194 g/mol. The third kappa shape index (κ3) is 6.35. The summed E-state index contributed by atoms with van der Waals surface area (Å²) in [5.74, 6) is 0. The van der Waals surface area contributed by atoms with Crippen LogP contribution in [0.15, 0.2) is 24.4 Å². The number of aromatic nitrogens is 2. The van der Waals surface area contributed by atoms with Gasteiger partial charge in [0, 0.05) is 6.20 Å². The summed E-state index contributed by atoms with van der Waals surface area (Å²) >= 11 is 0. The Bertz CT molecular complexity index is 227. The largest absolute Gasteiger partial charge is 0.159 e. The van der Waals surface area contributed by atoms with Crippen LogP contribution in [0.4, 0.5) is 0 Å². The number of rotatable bonds is 1. The summed E-state index contributed by atoms with van der Waals surface area (Å²) in [6, 6.07) is 3.83. The molecule has 2 heteroatoms. The first-order chi connectivity index (χ1) is 6.84. The van der Waals surface area contributed by atoms with Gasteiger partial charge >= 0.3 is 0 Å². The molecule has 0 saturated heterocycles. The van der Waals surface area contributed by atoms with Crippen LogP contribution >= 0.6 is 0 Å². The second kappa shape index (κ2) is 11.8. The molecule has 1 rings (SSSR count). The smallest absolute Gasteiger partial charge is 0.0883 e. The van der Waals surface area contributed by atoms with Crippen molar-refractivity contribution < 1.29 is 0 Å². The third-order valence-corrected chi connectivity index (χ3v) is 1.41. The summed E-state index contributed by atoms with van der Waals surface area (Å²) in [4.78, 5) is 0. The summed E-state index contributed by atoms with van der Waals surface area (Å²) < 4.78 is 0. The van der Waals surface area contributed by atoms with Crippen LogP contribution in [0.3, 0.4) is 0 Å². The maximum Gasteiger partial charge on any atom is 0.0883 e. The quantitative estimate of drug-likeness (QED) is 0.676. The van der Waals surface area contributed by atoms with E-state index >= 15 is 0 Å². The normalized spacial score (nSPS) is 9.14. The standard InChI is InChI=1S/C8H10N2.2C2H6/c1-3-7(2)8-5-4-6-9-10-8;2*1-2/h3-6H,1-2H3;2*1-2H3/b7-3+;;. The van der Waals surface area contributed by atoms with E-state index in [1.165, 1.54) is 0 Å². The first-order valence-corrected chi connectivity index (χ1v) is 5.25. The van der Waals surface area contributed by atoms with Gasteiger partial charge in [0.2, 0.25) is 0 Å². The molecule has 0 amide bonds. The van der Waals surface area contributed by atoms with Crippen LogP contribution in [-0.2, 0) is 0 Å². The average Bonchev–Trinajstić information content (AvgIpc) is 2.34. The SMILES string of the molecule is C/C=C(\C)c1cccnn1.CC.CC. The summed E-state index contributed by atoms with van der Waals surface area (Å²) in [7, 11) is 0. The van der Waals surface area contributed by atoms with Crippen molar-refractivity contribution in [2.45, 2.75) is 41.5 Å². The molecule has 1 aromatic heterocycles. The van der Waals surface area contributed by atoms with E-state index < -0.39 is 0 Å². The van der Waals surface area contributed by atoms with Gasteiger partial charge < -0.3 is 0 Å². The first kappa shape index (κ1) is 15.3. The Balaban J connectivity index is 0. The maximum atomic E-state index is 3.93. The Hall–Kier alpha value is -1.18. The molecule has 1 aromatic rings. The van der Waals surface area contributed by atoms with Gasteiger partial charge in [0.05, 0.1) is 5.69 Å². The minimum atomic E-state index is 0.949. The van der Waals surface area contributed by atoms with E-state index in [0.717, 1.165) is 11.3 Å². The zero-order valence-corrected chi connectivity index (χ0v) is 10.2. The molecule has 0 aliphatic carbocycles. The zero-order valence-electron chi connectivity index (χ0n) is 10.2. The summed E-state index contributed by atoms with van der Waals surface area (Å²) in [5, 5.41) is 7.69. The summed E-state index contributed by atoms with van der Waals surface area (Å²) in [6.45, 7) is 12.0. The van der Waals surface area contributed by atoms with Gasteiger partial charge in [-0.25, -0.2) is 0 Å². The molecular formula is C12H22N2. The Morgan fingerprint density at radius 1 is 1.21 bits per heavy atom. The van der Waals surface area contributed by atoms with Crippen LogP contribution in [0.5, 0.6) is 0 Å². The lowest BCUT2D eigenvalue weighted by Crippen LogP contribution is -1.86. The van der Waals surface area contributed by atoms with Crippen molar-refractivity contribution >= 4 is 5.57 Å². The highest BCUT2D eigenvalue weighted by atomic mass is 15.1. The number of hydrogen-bond donors (Lipinski definition) is 0. The highest BCUT2D eigenvalue weighted by Crippen LogP contribution is 2.06. The molecule has 0 unspecified atom stereocenters. The fourth-order valence-electron chi connectivity index (χ4n) is 0.660. The molecule has 0 N–H and O–H groups in total. The van der Waals surface area contributed by atoms with Gasteiger partial charge in [-0.2, -0.15) is 10.2 Å². The van der Waals surface area contributed by atoms with E-state index in [2.05, 4.69) is 10.2 Å². The van der Waals surface area contributed by atoms with E-state index in [-0.39, 0.29) is 0 Å². The highest BCUT2D eigenvalue weighted by Gasteiger charge is 1.91. The molecular weight excluding hydrogens is 172 g/mol. The van der Waals surface area contributed by atoms with Gasteiger partial charge in [-0.05, 0) is 31.6 Å². The van der Waals surface area contributed by atoms with Gasteiger partial charge in [0.1, 0.15) is 0 Å². The number of hydrogen-bond acceptors (Lipinski definition) is 2. The number of nitrogens with zero attached hydrogens (tertiary/aromatic N) is 2. The van der Waals surface area contributed by atoms with Crippen molar-refractivity contribution in [1.29, 1.82) is 0 Å². The minimum Gasteiger partial charge on any atom is -0.159 e. The molecule has 80 valence electrons. The Morgan fingerprint density at radius 2 is 1.79 bits per heavy atom. The summed E-state index contributed by atoms with van der Waals surface area (Å²) in [5.41, 5.74) is 2.11. The van der Waals surface area contributed by atoms with E-state index in [1.54, 1.807) is 6.20 Å². The van der Waals surface area contributed by atoms with Crippen LogP contribution in [0, 0.1) is 0 Å². The second-order valence-corrected chi connectivity index (χ2v) is 2.08. The Kier molecular flexibility index (Phi) is 12.9. The molecule has 0 bridgehead atoms. The van der Waals surface area contributed by atoms with Gasteiger partial charge in [0.25, 0.3) is 0 Å². The molecule has 14 heavy (non-hydrogen) atoms. The summed E-state index contributed by atoms with van der Waals surface area (Å²) in [6.07, 6.45) is 3.69. The van der Waals surface area contributed by atoms with Crippen LogP contribution in [-0.4, -0.2) is 10.2 Å².